The average Bonchev–Trinajstić information content (AvgIpc) is 2.73. The van der Waals surface area contributed by atoms with Crippen LogP contribution in [-0.4, -0.2) is 35.6 Å². The molecule has 0 aliphatic heterocycles. The van der Waals surface area contributed by atoms with Gasteiger partial charge < -0.3 is 9.47 Å². The van der Waals surface area contributed by atoms with Crippen LogP contribution in [0, 0.1) is 0 Å². The Kier molecular flexibility index (Phi) is 7.38. The SMILES string of the molecule is CCCc1nc2ccc(Br)cc2c(=O)n1N=Cc1ccc(OCC(=O)OC)c(Br)c1. The number of fused-ring (bicyclic) bond motifs is 1. The molecular formula is C21H19Br2N3O4. The van der Waals surface area contributed by atoms with Crippen LogP contribution in [0.3, 0.4) is 0 Å². The van der Waals surface area contributed by atoms with Crippen molar-refractivity contribution in [3.05, 3.63) is 67.1 Å². The Bertz CT molecular complexity index is 1170. The molecule has 0 N–H and O–H groups in total. The van der Waals surface area contributed by atoms with Gasteiger partial charge >= 0.3 is 5.97 Å². The van der Waals surface area contributed by atoms with E-state index in [9.17, 15) is 9.59 Å². The third-order valence-electron chi connectivity index (χ3n) is 4.20. The first-order valence-corrected chi connectivity index (χ1v) is 10.8. The van der Waals surface area contributed by atoms with E-state index >= 15 is 0 Å². The van der Waals surface area contributed by atoms with Crippen LogP contribution in [0.4, 0.5) is 0 Å². The van der Waals surface area contributed by atoms with E-state index < -0.39 is 5.97 Å². The van der Waals surface area contributed by atoms with Crippen molar-refractivity contribution in [3.63, 3.8) is 0 Å². The zero-order valence-corrected chi connectivity index (χ0v) is 19.6. The van der Waals surface area contributed by atoms with Crippen LogP contribution in [0.25, 0.3) is 10.9 Å². The molecule has 3 rings (SSSR count). The van der Waals surface area contributed by atoms with Gasteiger partial charge in [0.1, 0.15) is 11.6 Å². The van der Waals surface area contributed by atoms with E-state index in [4.69, 9.17) is 4.74 Å². The summed E-state index contributed by atoms with van der Waals surface area (Å²) >= 11 is 6.81. The molecule has 2 aromatic carbocycles. The molecule has 0 bridgehead atoms. The van der Waals surface area contributed by atoms with Gasteiger partial charge in [-0.05, 0) is 64.3 Å². The molecule has 9 heteroatoms. The first kappa shape index (κ1) is 22.2. The average molecular weight is 537 g/mol. The molecule has 1 aromatic heterocycles. The fourth-order valence-corrected chi connectivity index (χ4v) is 3.61. The first-order valence-electron chi connectivity index (χ1n) is 9.17. The summed E-state index contributed by atoms with van der Waals surface area (Å²) in [4.78, 5) is 28.9. The first-order chi connectivity index (χ1) is 14.4. The standard InChI is InChI=1S/C21H19Br2N3O4/c1-3-4-19-25-17-7-6-14(22)10-15(17)21(28)26(19)24-11-13-5-8-18(16(23)9-13)30-12-20(27)29-2/h5-11H,3-4,12H2,1-2H3. The lowest BCUT2D eigenvalue weighted by Crippen LogP contribution is -2.22. The Morgan fingerprint density at radius 2 is 2.03 bits per heavy atom. The Labute approximate surface area is 190 Å². The van der Waals surface area contributed by atoms with E-state index in [0.29, 0.717) is 33.4 Å². The van der Waals surface area contributed by atoms with E-state index in [1.54, 1.807) is 30.5 Å². The molecule has 0 aliphatic carbocycles. The van der Waals surface area contributed by atoms with Gasteiger partial charge in [0, 0.05) is 10.9 Å². The van der Waals surface area contributed by atoms with Gasteiger partial charge in [0.2, 0.25) is 0 Å². The van der Waals surface area contributed by atoms with Gasteiger partial charge in [-0.2, -0.15) is 9.78 Å². The van der Waals surface area contributed by atoms with E-state index in [1.165, 1.54) is 11.8 Å². The number of esters is 1. The number of hydrogen-bond donors (Lipinski definition) is 0. The molecule has 3 aromatic rings. The van der Waals surface area contributed by atoms with Crippen LogP contribution < -0.4 is 10.3 Å². The normalized spacial score (nSPS) is 11.2. The van der Waals surface area contributed by atoms with Crippen molar-refractivity contribution in [2.24, 2.45) is 5.10 Å². The summed E-state index contributed by atoms with van der Waals surface area (Å²) in [6, 6.07) is 10.7. The van der Waals surface area contributed by atoms with Crippen molar-refractivity contribution < 1.29 is 14.3 Å². The van der Waals surface area contributed by atoms with Gasteiger partial charge in [-0.1, -0.05) is 22.9 Å². The number of ether oxygens (including phenoxy) is 2. The van der Waals surface area contributed by atoms with E-state index in [0.717, 1.165) is 16.5 Å². The molecule has 0 radical (unpaired) electrons. The van der Waals surface area contributed by atoms with Crippen molar-refractivity contribution >= 4 is 54.9 Å². The number of rotatable bonds is 7. The number of benzene rings is 2. The highest BCUT2D eigenvalue weighted by Crippen LogP contribution is 2.25. The Morgan fingerprint density at radius 1 is 1.23 bits per heavy atom. The topological polar surface area (TPSA) is 82.8 Å². The number of aromatic nitrogens is 2. The molecule has 0 fully saturated rings. The number of hydrogen-bond acceptors (Lipinski definition) is 6. The highest BCUT2D eigenvalue weighted by Gasteiger charge is 2.11. The molecule has 0 unspecified atom stereocenters. The molecule has 0 aliphatic rings. The summed E-state index contributed by atoms with van der Waals surface area (Å²) in [7, 11) is 1.30. The second-order valence-corrected chi connectivity index (χ2v) is 8.13. The zero-order chi connectivity index (χ0) is 21.7. The van der Waals surface area contributed by atoms with Crippen LogP contribution in [0.5, 0.6) is 5.75 Å². The number of carbonyl (C=O) groups excluding carboxylic acids is 1. The molecular weight excluding hydrogens is 518 g/mol. The fraction of sp³-hybridized carbons (Fsp3) is 0.238. The van der Waals surface area contributed by atoms with Gasteiger partial charge in [-0.15, -0.1) is 0 Å². The minimum Gasteiger partial charge on any atom is -0.481 e. The quantitative estimate of drug-likeness (QED) is 0.332. The highest BCUT2D eigenvalue weighted by atomic mass is 79.9. The molecule has 156 valence electrons. The Balaban J connectivity index is 1.94. The van der Waals surface area contributed by atoms with E-state index in [1.807, 2.05) is 19.1 Å². The summed E-state index contributed by atoms with van der Waals surface area (Å²) in [5.74, 6) is 0.634. The maximum atomic E-state index is 13.0. The van der Waals surface area contributed by atoms with Gasteiger partial charge in [0.25, 0.3) is 5.56 Å². The molecule has 0 spiro atoms. The number of methoxy groups -OCH3 is 1. The summed E-state index contributed by atoms with van der Waals surface area (Å²) in [6.07, 6.45) is 3.05. The van der Waals surface area contributed by atoms with Crippen molar-refractivity contribution in [3.8, 4) is 5.75 Å². The van der Waals surface area contributed by atoms with Crippen molar-refractivity contribution in [2.75, 3.05) is 13.7 Å². The zero-order valence-electron chi connectivity index (χ0n) is 16.4. The summed E-state index contributed by atoms with van der Waals surface area (Å²) in [6.45, 7) is 1.84. The smallest absolute Gasteiger partial charge is 0.343 e. The van der Waals surface area contributed by atoms with E-state index in [2.05, 4.69) is 46.7 Å². The highest BCUT2D eigenvalue weighted by molar-refractivity contribution is 9.10. The monoisotopic (exact) mass is 535 g/mol. The van der Waals surface area contributed by atoms with Crippen molar-refractivity contribution in [1.29, 1.82) is 0 Å². The van der Waals surface area contributed by atoms with Gasteiger partial charge in [0.15, 0.2) is 6.61 Å². The van der Waals surface area contributed by atoms with Crippen LogP contribution in [-0.2, 0) is 16.0 Å². The van der Waals surface area contributed by atoms with Gasteiger partial charge in [-0.25, -0.2) is 9.78 Å². The van der Waals surface area contributed by atoms with Crippen LogP contribution in [0.1, 0.15) is 24.7 Å². The third-order valence-corrected chi connectivity index (χ3v) is 5.31. The molecule has 1 heterocycles. The second-order valence-electron chi connectivity index (χ2n) is 6.36. The van der Waals surface area contributed by atoms with Crippen LogP contribution in [0.2, 0.25) is 0 Å². The van der Waals surface area contributed by atoms with Crippen LogP contribution >= 0.6 is 31.9 Å². The lowest BCUT2D eigenvalue weighted by atomic mass is 10.2. The number of halogens is 2. The molecule has 0 saturated carbocycles. The predicted octanol–water partition coefficient (Wildman–Crippen LogP) is 4.31. The van der Waals surface area contributed by atoms with Crippen LogP contribution in [0.15, 0.2) is 55.2 Å². The lowest BCUT2D eigenvalue weighted by Gasteiger charge is -2.09. The van der Waals surface area contributed by atoms with Crippen molar-refractivity contribution in [1.82, 2.24) is 9.66 Å². The maximum Gasteiger partial charge on any atom is 0.343 e. The Morgan fingerprint density at radius 3 is 2.73 bits per heavy atom. The third kappa shape index (κ3) is 5.14. The molecule has 7 nitrogen and oxygen atoms in total. The number of carbonyl (C=O) groups is 1. The molecule has 0 atom stereocenters. The minimum absolute atomic E-state index is 0.184. The lowest BCUT2D eigenvalue weighted by molar-refractivity contribution is -0.142. The van der Waals surface area contributed by atoms with E-state index in [-0.39, 0.29) is 12.2 Å². The summed E-state index contributed by atoms with van der Waals surface area (Å²) in [5.41, 5.74) is 1.17. The molecule has 0 amide bonds. The van der Waals surface area contributed by atoms with Gasteiger partial charge in [-0.3, -0.25) is 4.79 Å². The largest absolute Gasteiger partial charge is 0.481 e. The fourth-order valence-electron chi connectivity index (χ4n) is 2.73. The minimum atomic E-state index is -0.467. The Hall–Kier alpha value is -2.52. The summed E-state index contributed by atoms with van der Waals surface area (Å²) in [5, 5.41) is 4.89. The molecule has 0 saturated heterocycles. The molecule has 30 heavy (non-hydrogen) atoms. The number of aryl methyl sites for hydroxylation is 1. The van der Waals surface area contributed by atoms with Gasteiger partial charge in [0.05, 0.1) is 28.7 Å². The van der Waals surface area contributed by atoms with Crippen molar-refractivity contribution in [2.45, 2.75) is 19.8 Å². The maximum absolute atomic E-state index is 13.0. The predicted molar refractivity (Wildman–Crippen MR) is 122 cm³/mol. The second kappa shape index (κ2) is 9.99. The number of nitrogens with zero attached hydrogens (tertiary/aromatic N) is 3. The summed E-state index contributed by atoms with van der Waals surface area (Å²) < 4.78 is 12.8.